The fraction of sp³-hybridized carbons (Fsp3) is 0.765. The zero-order chi connectivity index (χ0) is 16.5. The number of nitrogens with zero attached hydrogens (tertiary/aromatic N) is 1. The van der Waals surface area contributed by atoms with Crippen LogP contribution in [0.2, 0.25) is 0 Å². The molecule has 5 heteroatoms. The lowest BCUT2D eigenvalue weighted by molar-refractivity contribution is 0.137. The maximum atomic E-state index is 10.9. The molecule has 5 atom stereocenters. The van der Waals surface area contributed by atoms with Crippen LogP contribution in [0.15, 0.2) is 29.5 Å². The van der Waals surface area contributed by atoms with Gasteiger partial charge in [0.15, 0.2) is 0 Å². The van der Waals surface area contributed by atoms with Crippen LogP contribution in [-0.4, -0.2) is 23.4 Å². The van der Waals surface area contributed by atoms with Crippen molar-refractivity contribution in [1.82, 2.24) is 0 Å². The van der Waals surface area contributed by atoms with E-state index in [4.69, 9.17) is 3.07 Å². The summed E-state index contributed by atoms with van der Waals surface area (Å²) in [6.07, 6.45) is 9.39. The van der Waals surface area contributed by atoms with E-state index in [0.29, 0.717) is 0 Å². The molecule has 126 valence electrons. The van der Waals surface area contributed by atoms with Crippen LogP contribution in [0.1, 0.15) is 52.4 Å². The minimum Gasteiger partial charge on any atom is -0.388 e. The predicted molar refractivity (Wildman–Crippen MR) is 98.8 cm³/mol. The number of nitroso groups, excluding NO2 is 1. The van der Waals surface area contributed by atoms with Gasteiger partial charge in [-0.1, -0.05) is 55.7 Å². The van der Waals surface area contributed by atoms with Gasteiger partial charge in [-0.15, -0.1) is 0 Å². The van der Waals surface area contributed by atoms with Crippen LogP contribution in [0.5, 0.6) is 0 Å². The highest BCUT2D eigenvalue weighted by atomic mass is 127. The van der Waals surface area contributed by atoms with Crippen LogP contribution in [0.25, 0.3) is 0 Å². The lowest BCUT2D eigenvalue weighted by atomic mass is 9.94. The van der Waals surface area contributed by atoms with Gasteiger partial charge in [0.1, 0.15) is 29.0 Å². The number of rotatable bonds is 10. The van der Waals surface area contributed by atoms with Crippen LogP contribution in [-0.2, 0) is 3.07 Å². The third kappa shape index (κ3) is 6.08. The summed E-state index contributed by atoms with van der Waals surface area (Å²) < 4.78 is 5.52. The van der Waals surface area contributed by atoms with Gasteiger partial charge >= 0.3 is 0 Å². The first kappa shape index (κ1) is 19.8. The third-order valence-corrected chi connectivity index (χ3v) is 5.13. The monoisotopic (exact) mass is 421 g/mol. The Morgan fingerprint density at radius 1 is 1.50 bits per heavy atom. The number of hydrogen-bond acceptors (Lipinski definition) is 4. The molecule has 0 bridgehead atoms. The minimum absolute atomic E-state index is 0.0822. The van der Waals surface area contributed by atoms with Gasteiger partial charge < -0.3 is 8.17 Å². The maximum Gasteiger partial charge on any atom is 0.110 e. The average Bonchev–Trinajstić information content (AvgIpc) is 2.93. The molecular weight excluding hydrogens is 393 g/mol. The molecule has 0 aromatic heterocycles. The van der Waals surface area contributed by atoms with Crippen LogP contribution < -0.4 is 0 Å². The van der Waals surface area contributed by atoms with E-state index in [2.05, 4.69) is 24.8 Å². The van der Waals surface area contributed by atoms with Crippen LogP contribution in [0, 0.1) is 16.7 Å². The molecule has 0 aromatic rings. The van der Waals surface area contributed by atoms with E-state index < -0.39 is 6.10 Å². The fourth-order valence-electron chi connectivity index (χ4n) is 3.09. The molecule has 0 heterocycles. The Morgan fingerprint density at radius 2 is 2.23 bits per heavy atom. The lowest BCUT2D eigenvalue weighted by Gasteiger charge is -2.17. The Kier molecular flexibility index (Phi) is 9.43. The summed E-state index contributed by atoms with van der Waals surface area (Å²) in [6, 6.07) is -0.244. The van der Waals surface area contributed by atoms with Crippen molar-refractivity contribution in [3.05, 3.63) is 29.2 Å². The molecule has 22 heavy (non-hydrogen) atoms. The molecule has 0 saturated heterocycles. The first-order chi connectivity index (χ1) is 10.5. The van der Waals surface area contributed by atoms with E-state index in [1.165, 1.54) is 0 Å². The molecule has 0 radical (unpaired) electrons. The van der Waals surface area contributed by atoms with Gasteiger partial charge in [-0.2, -0.15) is 4.91 Å². The fourth-order valence-corrected chi connectivity index (χ4v) is 3.68. The number of aliphatic hydroxyl groups is 1. The highest BCUT2D eigenvalue weighted by Crippen LogP contribution is 2.38. The largest absolute Gasteiger partial charge is 0.388 e. The zero-order valence-corrected chi connectivity index (χ0v) is 15.7. The van der Waals surface area contributed by atoms with Crippen LogP contribution >= 0.6 is 23.0 Å². The van der Waals surface area contributed by atoms with E-state index >= 15 is 0 Å². The van der Waals surface area contributed by atoms with E-state index in [9.17, 15) is 10.0 Å². The zero-order valence-electron chi connectivity index (χ0n) is 13.6. The van der Waals surface area contributed by atoms with Gasteiger partial charge in [0.05, 0.1) is 12.2 Å². The van der Waals surface area contributed by atoms with Crippen molar-refractivity contribution in [2.45, 2.75) is 70.6 Å². The van der Waals surface area contributed by atoms with E-state index in [1.807, 2.05) is 36.0 Å². The first-order valence-corrected chi connectivity index (χ1v) is 9.03. The van der Waals surface area contributed by atoms with Gasteiger partial charge in [-0.05, 0) is 32.1 Å². The van der Waals surface area contributed by atoms with Gasteiger partial charge in [0.25, 0.3) is 0 Å². The Labute approximate surface area is 148 Å². The average molecular weight is 421 g/mol. The Bertz CT molecular complexity index is 386. The van der Waals surface area contributed by atoms with Gasteiger partial charge in [-0.3, -0.25) is 0 Å². The second-order valence-corrected chi connectivity index (χ2v) is 6.88. The second kappa shape index (κ2) is 10.5. The summed E-state index contributed by atoms with van der Waals surface area (Å²) in [5.41, 5.74) is 0.800. The summed E-state index contributed by atoms with van der Waals surface area (Å²) in [5.74, 6) is 0.404. The van der Waals surface area contributed by atoms with Crippen molar-refractivity contribution in [3.63, 3.8) is 0 Å². The molecule has 0 amide bonds. The highest BCUT2D eigenvalue weighted by molar-refractivity contribution is 14.1. The first-order valence-electron chi connectivity index (χ1n) is 8.15. The van der Waals surface area contributed by atoms with Gasteiger partial charge in [-0.25, -0.2) is 0 Å². The van der Waals surface area contributed by atoms with Crippen molar-refractivity contribution in [3.8, 4) is 0 Å². The normalized spacial score (nSPS) is 27.9. The molecule has 1 N–H and O–H groups in total. The summed E-state index contributed by atoms with van der Waals surface area (Å²) in [7, 11) is 0. The number of halogens is 1. The molecular formula is C17H28INO3. The van der Waals surface area contributed by atoms with Crippen molar-refractivity contribution in [2.24, 2.45) is 17.0 Å². The highest BCUT2D eigenvalue weighted by Gasteiger charge is 2.37. The molecule has 4 nitrogen and oxygen atoms in total. The van der Waals surface area contributed by atoms with Crippen LogP contribution in [0.3, 0.4) is 0 Å². The third-order valence-electron chi connectivity index (χ3n) is 4.47. The standard InChI is InChI=1S/C17H28INO3/c1-4-5-6-7-15(19-21)9-8-13-10-14(11-16(13)22-18)17(20)12(2)3/h8-9,13-17,20H,2,4-7,10-11H2,1,3H3/b9-8+/t13-,14-,15+,16-,17?/m1/s1. The number of unbranched alkanes of at least 4 members (excludes halogenated alkanes) is 2. The van der Waals surface area contributed by atoms with Crippen LogP contribution in [0.4, 0.5) is 0 Å². The van der Waals surface area contributed by atoms with E-state index in [-0.39, 0.29) is 24.0 Å². The lowest BCUT2D eigenvalue weighted by Crippen LogP contribution is -2.19. The van der Waals surface area contributed by atoms with E-state index in [0.717, 1.165) is 44.1 Å². The topological polar surface area (TPSA) is 58.9 Å². The Hall–Kier alpha value is -0.270. The molecule has 1 aliphatic rings. The maximum absolute atomic E-state index is 10.9. The quantitative estimate of drug-likeness (QED) is 0.235. The molecule has 1 fully saturated rings. The molecule has 1 rings (SSSR count). The molecule has 1 saturated carbocycles. The predicted octanol–water partition coefficient (Wildman–Crippen LogP) is 4.96. The van der Waals surface area contributed by atoms with Crippen molar-refractivity contribution in [1.29, 1.82) is 0 Å². The van der Waals surface area contributed by atoms with E-state index in [1.54, 1.807) is 0 Å². The summed E-state index contributed by atoms with van der Waals surface area (Å²) in [6.45, 7) is 7.84. The summed E-state index contributed by atoms with van der Waals surface area (Å²) in [4.78, 5) is 10.9. The SMILES string of the molecule is C=C(C)C(O)[C@@H]1C[C@@H](/C=C/[C@H](CCCCC)N=O)[C@H](OI)C1. The van der Waals surface area contributed by atoms with Crippen molar-refractivity contribution < 1.29 is 8.17 Å². The molecule has 1 aliphatic carbocycles. The molecule has 1 unspecified atom stereocenters. The Balaban J connectivity index is 2.59. The summed E-state index contributed by atoms with van der Waals surface area (Å²) in [5, 5.41) is 13.4. The molecule has 0 aliphatic heterocycles. The Morgan fingerprint density at radius 3 is 2.77 bits per heavy atom. The smallest absolute Gasteiger partial charge is 0.110 e. The summed E-state index contributed by atoms with van der Waals surface area (Å²) >= 11 is 1.93. The minimum atomic E-state index is -0.475. The molecule has 0 spiro atoms. The number of aliphatic hydroxyl groups excluding tert-OH is 1. The van der Waals surface area contributed by atoms with Gasteiger partial charge in [0, 0.05) is 5.92 Å². The van der Waals surface area contributed by atoms with Crippen molar-refractivity contribution >= 4 is 23.0 Å². The molecule has 0 aromatic carbocycles. The second-order valence-electron chi connectivity index (χ2n) is 6.37. The van der Waals surface area contributed by atoms with Gasteiger partial charge in [0.2, 0.25) is 0 Å². The van der Waals surface area contributed by atoms with Crippen molar-refractivity contribution in [2.75, 3.05) is 0 Å². The number of hydrogen-bond donors (Lipinski definition) is 1.